The molecule has 0 aromatic heterocycles. The van der Waals surface area contributed by atoms with Crippen molar-refractivity contribution < 1.29 is 18.0 Å². The maximum absolute atomic E-state index is 12.6. The second-order valence-electron chi connectivity index (χ2n) is 4.63. The molecule has 0 spiro atoms. The first-order chi connectivity index (χ1) is 9.15. The van der Waals surface area contributed by atoms with Crippen molar-refractivity contribution in [2.75, 3.05) is 5.32 Å². The number of thiocarbonyl (C=S) groups is 1. The Morgan fingerprint density at radius 2 is 1.95 bits per heavy atom. The van der Waals surface area contributed by atoms with E-state index in [1.165, 1.54) is 6.07 Å². The van der Waals surface area contributed by atoms with Gasteiger partial charge in [0.1, 0.15) is 0 Å². The number of halogens is 4. The van der Waals surface area contributed by atoms with Gasteiger partial charge in [0.15, 0.2) is 0 Å². The quantitative estimate of drug-likeness (QED) is 0.839. The molecule has 0 aliphatic heterocycles. The number of alkyl halides is 3. The zero-order valence-corrected chi connectivity index (χ0v) is 11.6. The molecule has 0 atom stereocenters. The number of hydrogen-bond donors (Lipinski definition) is 2. The Kier molecular flexibility index (Phi) is 3.68. The first kappa shape index (κ1) is 15.1. The summed E-state index contributed by atoms with van der Waals surface area (Å²) in [6.07, 6.45) is -3.54. The van der Waals surface area contributed by atoms with Crippen LogP contribution in [0.2, 0.25) is 5.02 Å². The summed E-state index contributed by atoms with van der Waals surface area (Å²) in [4.78, 5) is 12.1. The van der Waals surface area contributed by atoms with Crippen LogP contribution < -0.4 is 11.1 Å². The van der Waals surface area contributed by atoms with Gasteiger partial charge in [-0.1, -0.05) is 23.8 Å². The normalized spacial score (nSPS) is 16.6. The van der Waals surface area contributed by atoms with Crippen molar-refractivity contribution >= 4 is 40.4 Å². The Morgan fingerprint density at radius 1 is 1.35 bits per heavy atom. The van der Waals surface area contributed by atoms with Crippen LogP contribution in [0.5, 0.6) is 0 Å². The second kappa shape index (κ2) is 4.89. The predicted octanol–water partition coefficient (Wildman–Crippen LogP) is 3.36. The number of nitrogens with one attached hydrogen (secondary N) is 1. The molecule has 0 radical (unpaired) electrons. The van der Waals surface area contributed by atoms with E-state index in [2.05, 4.69) is 5.32 Å². The average Bonchev–Trinajstić information content (AvgIpc) is 3.07. The molecule has 1 saturated carbocycles. The Morgan fingerprint density at radius 3 is 2.40 bits per heavy atom. The molecule has 0 saturated heterocycles. The van der Waals surface area contributed by atoms with E-state index < -0.39 is 23.1 Å². The van der Waals surface area contributed by atoms with Crippen LogP contribution in [0.15, 0.2) is 18.2 Å². The lowest BCUT2D eigenvalue weighted by Crippen LogP contribution is -2.35. The van der Waals surface area contributed by atoms with Crippen LogP contribution in [0.1, 0.15) is 18.4 Å². The first-order valence-corrected chi connectivity index (χ1v) is 6.43. The first-order valence-electron chi connectivity index (χ1n) is 5.64. The molecule has 1 aliphatic carbocycles. The Bertz CT molecular complexity index is 585. The summed E-state index contributed by atoms with van der Waals surface area (Å²) in [6.45, 7) is 0. The molecular formula is C12H10ClF3N2OS. The van der Waals surface area contributed by atoms with Gasteiger partial charge in [-0.2, -0.15) is 13.2 Å². The Hall–Kier alpha value is -1.34. The average molecular weight is 323 g/mol. The Balaban J connectivity index is 2.24. The van der Waals surface area contributed by atoms with Crippen LogP contribution in [-0.4, -0.2) is 10.9 Å². The lowest BCUT2D eigenvalue weighted by Gasteiger charge is -2.15. The van der Waals surface area contributed by atoms with E-state index in [4.69, 9.17) is 29.6 Å². The molecule has 0 heterocycles. The van der Waals surface area contributed by atoms with Crippen molar-refractivity contribution in [2.45, 2.75) is 19.0 Å². The van der Waals surface area contributed by atoms with Crippen molar-refractivity contribution in [3.8, 4) is 0 Å². The molecule has 2 rings (SSSR count). The number of carbonyl (C=O) groups is 1. The van der Waals surface area contributed by atoms with E-state index in [1.807, 2.05) is 0 Å². The molecule has 1 amide bonds. The summed E-state index contributed by atoms with van der Waals surface area (Å²) < 4.78 is 37.9. The number of anilines is 1. The van der Waals surface area contributed by atoms with Gasteiger partial charge < -0.3 is 11.1 Å². The molecule has 1 aromatic rings. The molecule has 1 aromatic carbocycles. The van der Waals surface area contributed by atoms with Gasteiger partial charge in [-0.25, -0.2) is 0 Å². The maximum atomic E-state index is 12.6. The van der Waals surface area contributed by atoms with E-state index in [-0.39, 0.29) is 15.7 Å². The highest BCUT2D eigenvalue weighted by molar-refractivity contribution is 7.80. The minimum absolute atomic E-state index is 0.0302. The van der Waals surface area contributed by atoms with Crippen molar-refractivity contribution in [3.05, 3.63) is 28.8 Å². The third-order valence-electron chi connectivity index (χ3n) is 3.14. The van der Waals surface area contributed by atoms with Crippen LogP contribution in [0.25, 0.3) is 0 Å². The zero-order valence-electron chi connectivity index (χ0n) is 10.1. The van der Waals surface area contributed by atoms with Crippen molar-refractivity contribution in [1.29, 1.82) is 0 Å². The van der Waals surface area contributed by atoms with E-state index in [0.29, 0.717) is 12.8 Å². The fraction of sp³-hybridized carbons (Fsp3) is 0.333. The molecule has 20 heavy (non-hydrogen) atoms. The number of benzene rings is 1. The molecular weight excluding hydrogens is 313 g/mol. The summed E-state index contributed by atoms with van der Waals surface area (Å²) in [7, 11) is 0. The van der Waals surface area contributed by atoms with Crippen molar-refractivity contribution in [1.82, 2.24) is 0 Å². The number of nitrogens with two attached hydrogens (primary N) is 1. The predicted molar refractivity (Wildman–Crippen MR) is 73.5 cm³/mol. The van der Waals surface area contributed by atoms with Crippen LogP contribution in [-0.2, 0) is 11.0 Å². The topological polar surface area (TPSA) is 55.1 Å². The highest BCUT2D eigenvalue weighted by atomic mass is 35.5. The monoisotopic (exact) mass is 322 g/mol. The molecule has 1 fully saturated rings. The van der Waals surface area contributed by atoms with Gasteiger partial charge in [-0.3, -0.25) is 4.79 Å². The smallest absolute Gasteiger partial charge is 0.392 e. The van der Waals surface area contributed by atoms with Crippen LogP contribution >= 0.6 is 23.8 Å². The van der Waals surface area contributed by atoms with Crippen molar-refractivity contribution in [2.24, 2.45) is 11.1 Å². The van der Waals surface area contributed by atoms with E-state index in [9.17, 15) is 18.0 Å². The van der Waals surface area contributed by atoms with Gasteiger partial charge >= 0.3 is 6.18 Å². The second-order valence-corrected chi connectivity index (χ2v) is 5.50. The standard InChI is InChI=1S/C12H10ClF3N2OS/c13-7-3-6(12(14,15)16)4-8(5-7)18-10(19)11(1-2-11)9(17)20/h3-5H,1-2H2,(H2,17,20)(H,18,19). The number of carbonyl (C=O) groups excluding carboxylic acids is 1. The third-order valence-corrected chi connectivity index (χ3v) is 3.75. The molecule has 1 aliphatic rings. The number of amides is 1. The number of rotatable bonds is 3. The fourth-order valence-corrected chi connectivity index (χ4v) is 2.32. The minimum Gasteiger partial charge on any atom is -0.392 e. The van der Waals surface area contributed by atoms with Gasteiger partial charge in [-0.05, 0) is 31.0 Å². The molecule has 108 valence electrons. The van der Waals surface area contributed by atoms with Crippen LogP contribution in [0.4, 0.5) is 18.9 Å². The Labute approximate surface area is 123 Å². The van der Waals surface area contributed by atoms with Crippen LogP contribution in [0.3, 0.4) is 0 Å². The summed E-state index contributed by atoms with van der Waals surface area (Å²) in [5.74, 6) is -0.500. The highest BCUT2D eigenvalue weighted by Crippen LogP contribution is 2.47. The fourth-order valence-electron chi connectivity index (χ4n) is 1.79. The molecule has 3 nitrogen and oxygen atoms in total. The van der Waals surface area contributed by atoms with E-state index in [0.717, 1.165) is 12.1 Å². The third kappa shape index (κ3) is 2.88. The summed E-state index contributed by atoms with van der Waals surface area (Å²) in [6, 6.07) is 2.85. The van der Waals surface area contributed by atoms with E-state index >= 15 is 0 Å². The summed E-state index contributed by atoms with van der Waals surface area (Å²) >= 11 is 10.4. The zero-order chi connectivity index (χ0) is 15.1. The minimum atomic E-state index is -4.54. The van der Waals surface area contributed by atoms with Gasteiger partial charge in [0.25, 0.3) is 0 Å². The maximum Gasteiger partial charge on any atom is 0.416 e. The van der Waals surface area contributed by atoms with Gasteiger partial charge in [-0.15, -0.1) is 0 Å². The van der Waals surface area contributed by atoms with Gasteiger partial charge in [0.05, 0.1) is 16.0 Å². The number of hydrogen-bond acceptors (Lipinski definition) is 2. The van der Waals surface area contributed by atoms with Crippen LogP contribution in [0, 0.1) is 5.41 Å². The largest absolute Gasteiger partial charge is 0.416 e. The van der Waals surface area contributed by atoms with Crippen molar-refractivity contribution in [3.63, 3.8) is 0 Å². The summed E-state index contributed by atoms with van der Waals surface area (Å²) in [5, 5.41) is 2.27. The van der Waals surface area contributed by atoms with Gasteiger partial charge in [0, 0.05) is 10.7 Å². The van der Waals surface area contributed by atoms with E-state index in [1.54, 1.807) is 0 Å². The highest BCUT2D eigenvalue weighted by Gasteiger charge is 2.52. The molecule has 8 heteroatoms. The lowest BCUT2D eigenvalue weighted by atomic mass is 10.1. The molecule has 3 N–H and O–H groups in total. The lowest BCUT2D eigenvalue weighted by molar-refractivity contribution is -0.137. The SMILES string of the molecule is NC(=S)C1(C(=O)Nc2cc(Cl)cc(C(F)(F)F)c2)CC1. The van der Waals surface area contributed by atoms with Gasteiger partial charge in [0.2, 0.25) is 5.91 Å². The summed E-state index contributed by atoms with van der Waals surface area (Å²) in [5.41, 5.74) is 3.59. The molecule has 0 unspecified atom stereocenters. The molecule has 0 bridgehead atoms.